The van der Waals surface area contributed by atoms with E-state index in [4.69, 9.17) is 4.84 Å². The van der Waals surface area contributed by atoms with Gasteiger partial charge in [-0.15, -0.1) is 0 Å². The molecule has 15 heavy (non-hydrogen) atoms. The molecule has 0 aliphatic carbocycles. The van der Waals surface area contributed by atoms with E-state index in [1.54, 1.807) is 0 Å². The lowest BCUT2D eigenvalue weighted by Gasteiger charge is -2.09. The molecular formula is C13H21NO. The second-order valence-electron chi connectivity index (χ2n) is 4.52. The van der Waals surface area contributed by atoms with Gasteiger partial charge >= 0.3 is 0 Å². The molecular weight excluding hydrogens is 186 g/mol. The lowest BCUT2D eigenvalue weighted by atomic mass is 10.1. The molecule has 0 amide bonds. The molecule has 84 valence electrons. The van der Waals surface area contributed by atoms with Crippen LogP contribution >= 0.6 is 0 Å². The van der Waals surface area contributed by atoms with Gasteiger partial charge < -0.3 is 4.84 Å². The fourth-order valence-corrected chi connectivity index (χ4v) is 1.53. The van der Waals surface area contributed by atoms with E-state index in [0.29, 0.717) is 5.92 Å². The molecule has 0 bridgehead atoms. The van der Waals surface area contributed by atoms with E-state index < -0.39 is 0 Å². The number of hydroxylamine groups is 1. The summed E-state index contributed by atoms with van der Waals surface area (Å²) in [5.74, 6) is 0.566. The van der Waals surface area contributed by atoms with Gasteiger partial charge in [-0.3, -0.25) is 0 Å². The minimum atomic E-state index is 0.566. The highest BCUT2D eigenvalue weighted by Gasteiger charge is 1.97. The third kappa shape index (κ3) is 4.96. The average Bonchev–Trinajstić information content (AvgIpc) is 2.10. The third-order valence-corrected chi connectivity index (χ3v) is 2.08. The van der Waals surface area contributed by atoms with Crippen LogP contribution in [0.15, 0.2) is 18.2 Å². The van der Waals surface area contributed by atoms with Crippen molar-refractivity contribution in [1.82, 2.24) is 5.48 Å². The SMILES string of the molecule is Cc1cc(C)cc(CNOCC(C)C)c1. The summed E-state index contributed by atoms with van der Waals surface area (Å²) in [4.78, 5) is 5.33. The second kappa shape index (κ2) is 5.89. The molecule has 0 heterocycles. The normalized spacial score (nSPS) is 11.0. The molecule has 0 aliphatic heterocycles. The van der Waals surface area contributed by atoms with Gasteiger partial charge in [0.2, 0.25) is 0 Å². The Morgan fingerprint density at radius 3 is 2.27 bits per heavy atom. The molecule has 0 unspecified atom stereocenters. The largest absolute Gasteiger partial charge is 0.301 e. The summed E-state index contributed by atoms with van der Waals surface area (Å²) in [5, 5.41) is 0. The molecule has 0 aromatic heterocycles. The van der Waals surface area contributed by atoms with Crippen LogP contribution in [0.25, 0.3) is 0 Å². The Bertz CT molecular complexity index is 287. The first-order valence-corrected chi connectivity index (χ1v) is 5.49. The van der Waals surface area contributed by atoms with Crippen molar-refractivity contribution in [3.8, 4) is 0 Å². The van der Waals surface area contributed by atoms with E-state index in [-0.39, 0.29) is 0 Å². The standard InChI is InChI=1S/C13H21NO/c1-10(2)9-15-14-8-13-6-11(3)5-12(4)7-13/h5-7,10,14H,8-9H2,1-4H3. The summed E-state index contributed by atoms with van der Waals surface area (Å²) in [6.45, 7) is 10.0. The quantitative estimate of drug-likeness (QED) is 0.592. The van der Waals surface area contributed by atoms with E-state index in [1.165, 1.54) is 16.7 Å². The van der Waals surface area contributed by atoms with Crippen molar-refractivity contribution < 1.29 is 4.84 Å². The number of nitrogens with one attached hydrogen (secondary N) is 1. The van der Waals surface area contributed by atoms with E-state index >= 15 is 0 Å². The molecule has 1 rings (SSSR count). The molecule has 0 atom stereocenters. The summed E-state index contributed by atoms with van der Waals surface area (Å²) in [7, 11) is 0. The van der Waals surface area contributed by atoms with Crippen molar-refractivity contribution in [3.63, 3.8) is 0 Å². The molecule has 0 aliphatic rings. The van der Waals surface area contributed by atoms with Gasteiger partial charge in [0.1, 0.15) is 0 Å². The predicted molar refractivity (Wildman–Crippen MR) is 63.5 cm³/mol. The Morgan fingerprint density at radius 2 is 1.73 bits per heavy atom. The highest BCUT2D eigenvalue weighted by molar-refractivity contribution is 5.28. The average molecular weight is 207 g/mol. The first-order valence-electron chi connectivity index (χ1n) is 5.49. The van der Waals surface area contributed by atoms with Crippen molar-refractivity contribution in [3.05, 3.63) is 34.9 Å². The van der Waals surface area contributed by atoms with Crippen LogP contribution in [0.3, 0.4) is 0 Å². The van der Waals surface area contributed by atoms with Crippen LogP contribution in [0.2, 0.25) is 0 Å². The van der Waals surface area contributed by atoms with Crippen LogP contribution in [-0.4, -0.2) is 6.61 Å². The first kappa shape index (κ1) is 12.2. The summed E-state index contributed by atoms with van der Waals surface area (Å²) >= 11 is 0. The highest BCUT2D eigenvalue weighted by atomic mass is 16.6. The predicted octanol–water partition coefficient (Wildman–Crippen LogP) is 2.98. The van der Waals surface area contributed by atoms with Gasteiger partial charge in [0.15, 0.2) is 0 Å². The third-order valence-electron chi connectivity index (χ3n) is 2.08. The molecule has 1 N–H and O–H groups in total. The maximum atomic E-state index is 5.33. The second-order valence-corrected chi connectivity index (χ2v) is 4.52. The Morgan fingerprint density at radius 1 is 1.13 bits per heavy atom. The highest BCUT2D eigenvalue weighted by Crippen LogP contribution is 2.08. The molecule has 0 saturated heterocycles. The van der Waals surface area contributed by atoms with Crippen molar-refractivity contribution in [2.75, 3.05) is 6.61 Å². The van der Waals surface area contributed by atoms with Gasteiger partial charge in [-0.25, -0.2) is 0 Å². The Labute approximate surface area is 92.6 Å². The van der Waals surface area contributed by atoms with Gasteiger partial charge in [-0.1, -0.05) is 43.2 Å². The van der Waals surface area contributed by atoms with Gasteiger partial charge in [-0.2, -0.15) is 5.48 Å². The Balaban J connectivity index is 2.37. The van der Waals surface area contributed by atoms with Gasteiger partial charge in [0.25, 0.3) is 0 Å². The van der Waals surface area contributed by atoms with Crippen molar-refractivity contribution in [2.45, 2.75) is 34.2 Å². The molecule has 2 nitrogen and oxygen atoms in total. The van der Waals surface area contributed by atoms with E-state index in [2.05, 4.69) is 51.4 Å². The van der Waals surface area contributed by atoms with Crippen molar-refractivity contribution in [2.24, 2.45) is 5.92 Å². The number of hydrogen-bond donors (Lipinski definition) is 1. The summed E-state index contributed by atoms with van der Waals surface area (Å²) in [6, 6.07) is 6.54. The number of aryl methyl sites for hydroxylation is 2. The van der Waals surface area contributed by atoms with Crippen LogP contribution < -0.4 is 5.48 Å². The van der Waals surface area contributed by atoms with E-state index in [0.717, 1.165) is 13.2 Å². The van der Waals surface area contributed by atoms with Crippen molar-refractivity contribution in [1.29, 1.82) is 0 Å². The molecule has 1 aromatic rings. The monoisotopic (exact) mass is 207 g/mol. The number of rotatable bonds is 5. The topological polar surface area (TPSA) is 21.3 Å². The molecule has 0 saturated carbocycles. The van der Waals surface area contributed by atoms with Crippen LogP contribution in [0.4, 0.5) is 0 Å². The number of benzene rings is 1. The Hall–Kier alpha value is -0.860. The maximum Gasteiger partial charge on any atom is 0.0705 e. The molecule has 0 radical (unpaired) electrons. The summed E-state index contributed by atoms with van der Waals surface area (Å²) in [6.07, 6.45) is 0. The van der Waals surface area contributed by atoms with Crippen LogP contribution in [0.1, 0.15) is 30.5 Å². The first-order chi connectivity index (χ1) is 7.08. The fourth-order valence-electron chi connectivity index (χ4n) is 1.53. The van der Waals surface area contributed by atoms with Gasteiger partial charge in [0.05, 0.1) is 6.61 Å². The maximum absolute atomic E-state index is 5.33. The zero-order chi connectivity index (χ0) is 11.3. The molecule has 2 heteroatoms. The minimum Gasteiger partial charge on any atom is -0.301 e. The van der Waals surface area contributed by atoms with Gasteiger partial charge in [0, 0.05) is 6.54 Å². The minimum absolute atomic E-state index is 0.566. The van der Waals surface area contributed by atoms with E-state index in [1.807, 2.05) is 0 Å². The molecule has 0 fully saturated rings. The number of hydrogen-bond acceptors (Lipinski definition) is 2. The lowest BCUT2D eigenvalue weighted by Crippen LogP contribution is -2.17. The zero-order valence-electron chi connectivity index (χ0n) is 10.1. The van der Waals surface area contributed by atoms with E-state index in [9.17, 15) is 0 Å². The van der Waals surface area contributed by atoms with Crippen LogP contribution in [0.5, 0.6) is 0 Å². The molecule has 1 aromatic carbocycles. The lowest BCUT2D eigenvalue weighted by molar-refractivity contribution is 0.0196. The molecule has 0 spiro atoms. The smallest absolute Gasteiger partial charge is 0.0705 e. The van der Waals surface area contributed by atoms with Crippen LogP contribution in [-0.2, 0) is 11.4 Å². The Kier molecular flexibility index (Phi) is 4.79. The summed E-state index contributed by atoms with van der Waals surface area (Å²) in [5.41, 5.74) is 6.86. The van der Waals surface area contributed by atoms with Crippen LogP contribution in [0, 0.1) is 19.8 Å². The zero-order valence-corrected chi connectivity index (χ0v) is 10.1. The fraction of sp³-hybridized carbons (Fsp3) is 0.538. The van der Waals surface area contributed by atoms with Gasteiger partial charge in [-0.05, 0) is 25.3 Å². The van der Waals surface area contributed by atoms with Crippen molar-refractivity contribution >= 4 is 0 Å². The summed E-state index contributed by atoms with van der Waals surface area (Å²) < 4.78 is 0.